The molecule has 1 fully saturated rings. The van der Waals surface area contributed by atoms with Crippen LogP contribution < -0.4 is 5.32 Å². The Hall–Kier alpha value is -0.920. The van der Waals surface area contributed by atoms with Crippen LogP contribution in [0.15, 0.2) is 10.6 Å². The summed E-state index contributed by atoms with van der Waals surface area (Å²) >= 11 is 0. The van der Waals surface area contributed by atoms with Crippen LogP contribution in [0, 0.1) is 0 Å². The minimum Gasteiger partial charge on any atom is -0.360 e. The predicted octanol–water partition coefficient (Wildman–Crippen LogP) is 0.793. The fourth-order valence-corrected chi connectivity index (χ4v) is 4.00. The average Bonchev–Trinajstić information content (AvgIpc) is 2.80. The van der Waals surface area contributed by atoms with E-state index < -0.39 is 9.84 Å². The summed E-state index contributed by atoms with van der Waals surface area (Å²) in [6, 6.07) is 1.97. The van der Waals surface area contributed by atoms with E-state index in [0.29, 0.717) is 19.6 Å². The first kappa shape index (κ1) is 15.5. The zero-order valence-corrected chi connectivity index (χ0v) is 12.9. The molecular weight excluding hydrogens is 278 g/mol. The number of rotatable bonds is 6. The Labute approximate surface area is 120 Å². The molecule has 0 aromatic carbocycles. The van der Waals surface area contributed by atoms with Gasteiger partial charge in [0.05, 0.1) is 23.7 Å². The van der Waals surface area contributed by atoms with E-state index in [-0.39, 0.29) is 17.5 Å². The fraction of sp³-hybridized carbons (Fsp3) is 0.769. The molecule has 1 atom stereocenters. The number of nitrogens with one attached hydrogen (secondary N) is 1. The topological polar surface area (TPSA) is 75.4 Å². The zero-order valence-electron chi connectivity index (χ0n) is 12.1. The number of sulfone groups is 1. The summed E-state index contributed by atoms with van der Waals surface area (Å²) in [5, 5.41) is 7.30. The molecule has 114 valence electrons. The third-order valence-corrected chi connectivity index (χ3v) is 5.30. The molecule has 2 heterocycles. The predicted molar refractivity (Wildman–Crippen MR) is 77.0 cm³/mol. The molecular formula is C13H23N3O3S. The van der Waals surface area contributed by atoms with Crippen LogP contribution in [-0.4, -0.2) is 49.1 Å². The van der Waals surface area contributed by atoms with Crippen molar-refractivity contribution in [1.82, 2.24) is 15.4 Å². The van der Waals surface area contributed by atoms with E-state index in [2.05, 4.69) is 22.3 Å². The van der Waals surface area contributed by atoms with Crippen molar-refractivity contribution in [2.45, 2.75) is 39.4 Å². The van der Waals surface area contributed by atoms with Crippen LogP contribution in [0.3, 0.4) is 0 Å². The third kappa shape index (κ3) is 4.29. The summed E-state index contributed by atoms with van der Waals surface area (Å²) < 4.78 is 28.4. The smallest absolute Gasteiger partial charge is 0.153 e. The van der Waals surface area contributed by atoms with E-state index in [9.17, 15) is 8.42 Å². The summed E-state index contributed by atoms with van der Waals surface area (Å²) in [5.41, 5.74) is 0.894. The second-order valence-corrected chi connectivity index (χ2v) is 7.62. The Morgan fingerprint density at radius 3 is 3.05 bits per heavy atom. The first-order chi connectivity index (χ1) is 9.50. The fourth-order valence-electron chi connectivity index (χ4n) is 2.37. The molecule has 20 heavy (non-hydrogen) atoms. The van der Waals surface area contributed by atoms with E-state index in [1.54, 1.807) is 0 Å². The number of hydrogen-bond donors (Lipinski definition) is 1. The van der Waals surface area contributed by atoms with Gasteiger partial charge in [-0.1, -0.05) is 12.1 Å². The number of hydrogen-bond acceptors (Lipinski definition) is 6. The van der Waals surface area contributed by atoms with Gasteiger partial charge in [-0.2, -0.15) is 0 Å². The molecule has 1 aliphatic heterocycles. The molecule has 0 aliphatic carbocycles. The molecule has 7 heteroatoms. The minimum atomic E-state index is -2.86. The van der Waals surface area contributed by atoms with E-state index >= 15 is 0 Å². The molecule has 6 nitrogen and oxygen atoms in total. The lowest BCUT2D eigenvalue weighted by Gasteiger charge is -2.32. The monoisotopic (exact) mass is 301 g/mol. The van der Waals surface area contributed by atoms with Gasteiger partial charge in [-0.05, 0) is 19.9 Å². The minimum absolute atomic E-state index is 0.0283. The van der Waals surface area contributed by atoms with Crippen molar-refractivity contribution in [3.63, 3.8) is 0 Å². The van der Waals surface area contributed by atoms with Gasteiger partial charge >= 0.3 is 0 Å². The molecule has 0 radical (unpaired) electrons. The maximum absolute atomic E-state index is 11.5. The van der Waals surface area contributed by atoms with Gasteiger partial charge in [0.15, 0.2) is 15.6 Å². The lowest BCUT2D eigenvalue weighted by molar-refractivity contribution is 0.193. The maximum atomic E-state index is 11.5. The van der Waals surface area contributed by atoms with Crippen molar-refractivity contribution in [2.24, 2.45) is 0 Å². The summed E-state index contributed by atoms with van der Waals surface area (Å²) in [6.45, 7) is 6.92. The zero-order chi connectivity index (χ0) is 14.6. The van der Waals surface area contributed by atoms with Crippen molar-refractivity contribution in [3.05, 3.63) is 17.5 Å². The van der Waals surface area contributed by atoms with Gasteiger partial charge in [-0.25, -0.2) is 8.42 Å². The van der Waals surface area contributed by atoms with E-state index in [4.69, 9.17) is 4.52 Å². The maximum Gasteiger partial charge on any atom is 0.153 e. The van der Waals surface area contributed by atoms with Crippen LogP contribution in [0.4, 0.5) is 0 Å². The van der Waals surface area contributed by atoms with Gasteiger partial charge in [0.1, 0.15) is 0 Å². The third-order valence-electron chi connectivity index (χ3n) is 3.51. The number of aromatic nitrogens is 1. The molecule has 1 aromatic rings. The van der Waals surface area contributed by atoms with E-state index in [1.807, 2.05) is 13.0 Å². The van der Waals surface area contributed by atoms with Crippen LogP contribution in [0.2, 0.25) is 0 Å². The summed E-state index contributed by atoms with van der Waals surface area (Å²) in [4.78, 5) is 2.13. The Kier molecular flexibility index (Phi) is 5.17. The summed E-state index contributed by atoms with van der Waals surface area (Å²) in [6.07, 6.45) is 1.09. The normalized spacial score (nSPS) is 23.0. The van der Waals surface area contributed by atoms with Crippen molar-refractivity contribution in [2.75, 3.05) is 24.6 Å². The highest BCUT2D eigenvalue weighted by Crippen LogP contribution is 2.15. The standard InChI is InChI=1S/C13H23N3O3S/c1-3-4-14-8-12-7-13(19-15-12)9-16-5-6-20(17,18)10-11(16)2/h7,11,14H,3-6,8-10H2,1-2H3. The molecule has 1 aliphatic rings. The molecule has 0 bridgehead atoms. The molecule has 1 saturated heterocycles. The van der Waals surface area contributed by atoms with Gasteiger partial charge < -0.3 is 9.84 Å². The average molecular weight is 301 g/mol. The first-order valence-electron chi connectivity index (χ1n) is 7.10. The molecule has 1 unspecified atom stereocenters. The second kappa shape index (κ2) is 6.69. The quantitative estimate of drug-likeness (QED) is 0.783. The van der Waals surface area contributed by atoms with E-state index in [0.717, 1.165) is 24.4 Å². The summed E-state index contributed by atoms with van der Waals surface area (Å²) in [5.74, 6) is 1.26. The highest BCUT2D eigenvalue weighted by Gasteiger charge is 2.28. The van der Waals surface area contributed by atoms with Crippen LogP contribution in [-0.2, 0) is 22.9 Å². The lowest BCUT2D eigenvalue weighted by Crippen LogP contribution is -2.46. The molecule has 0 amide bonds. The lowest BCUT2D eigenvalue weighted by atomic mass is 10.2. The first-order valence-corrected chi connectivity index (χ1v) is 8.92. The van der Waals surface area contributed by atoms with Gasteiger partial charge in [0.2, 0.25) is 0 Å². The van der Waals surface area contributed by atoms with Gasteiger partial charge in [0.25, 0.3) is 0 Å². The molecule has 0 saturated carbocycles. The molecule has 0 spiro atoms. The highest BCUT2D eigenvalue weighted by molar-refractivity contribution is 7.91. The van der Waals surface area contributed by atoms with Crippen molar-refractivity contribution < 1.29 is 12.9 Å². The largest absolute Gasteiger partial charge is 0.360 e. The Morgan fingerprint density at radius 1 is 1.55 bits per heavy atom. The Balaban J connectivity index is 1.87. The van der Waals surface area contributed by atoms with Crippen molar-refractivity contribution >= 4 is 9.84 Å². The van der Waals surface area contributed by atoms with Crippen LogP contribution in [0.1, 0.15) is 31.7 Å². The van der Waals surface area contributed by atoms with Crippen LogP contribution in [0.25, 0.3) is 0 Å². The van der Waals surface area contributed by atoms with Gasteiger partial charge in [0, 0.05) is 25.2 Å². The van der Waals surface area contributed by atoms with Crippen LogP contribution in [0.5, 0.6) is 0 Å². The molecule has 1 aromatic heterocycles. The van der Waals surface area contributed by atoms with Gasteiger partial charge in [-0.3, -0.25) is 4.90 Å². The van der Waals surface area contributed by atoms with Crippen LogP contribution >= 0.6 is 0 Å². The second-order valence-electron chi connectivity index (χ2n) is 5.40. The Bertz CT molecular complexity index is 527. The number of nitrogens with zero attached hydrogens (tertiary/aromatic N) is 2. The van der Waals surface area contributed by atoms with Crippen molar-refractivity contribution in [3.8, 4) is 0 Å². The molecule has 1 N–H and O–H groups in total. The van der Waals surface area contributed by atoms with Crippen molar-refractivity contribution in [1.29, 1.82) is 0 Å². The Morgan fingerprint density at radius 2 is 2.35 bits per heavy atom. The summed E-state index contributed by atoms with van der Waals surface area (Å²) in [7, 11) is -2.86. The molecule has 2 rings (SSSR count). The van der Waals surface area contributed by atoms with E-state index in [1.165, 1.54) is 0 Å². The van der Waals surface area contributed by atoms with Gasteiger partial charge in [-0.15, -0.1) is 0 Å². The SMILES string of the molecule is CCCNCc1cc(CN2CCS(=O)(=O)CC2C)on1. The highest BCUT2D eigenvalue weighted by atomic mass is 32.2.